The molecule has 1 aromatic carbocycles. The Morgan fingerprint density at radius 2 is 1.49 bits per heavy atom. The molecule has 0 radical (unpaired) electrons. The Morgan fingerprint density at radius 1 is 0.878 bits per heavy atom. The molecule has 0 amide bonds. The first-order valence-corrected chi connectivity index (χ1v) is 16.2. The van der Waals surface area contributed by atoms with E-state index in [1.54, 1.807) is 23.6 Å². The van der Waals surface area contributed by atoms with E-state index in [0.29, 0.717) is 17.4 Å². The average Bonchev–Trinajstić information content (AvgIpc) is 3.00. The maximum atomic E-state index is 12.1. The number of rotatable bonds is 15. The lowest BCUT2D eigenvalue weighted by Crippen LogP contribution is -2.33. The van der Waals surface area contributed by atoms with Gasteiger partial charge >= 0.3 is 11.9 Å². The Hall–Kier alpha value is -2.40. The SMILES string of the molecule is C=C(C)C(=O)OCC(COC(=O)C(=C)CO)C1CCC(C2CCC(c3ccc(CCCCC)c(CC)c3)CC2)CC1. The van der Waals surface area contributed by atoms with E-state index in [1.165, 1.54) is 64.2 Å². The third-order valence-corrected chi connectivity index (χ3v) is 9.74. The summed E-state index contributed by atoms with van der Waals surface area (Å²) in [5.74, 6) is 1.48. The molecule has 41 heavy (non-hydrogen) atoms. The first-order chi connectivity index (χ1) is 19.8. The number of benzene rings is 1. The van der Waals surface area contributed by atoms with E-state index in [4.69, 9.17) is 9.47 Å². The predicted molar refractivity (Wildman–Crippen MR) is 166 cm³/mol. The molecule has 2 aliphatic rings. The van der Waals surface area contributed by atoms with E-state index in [1.807, 2.05) is 0 Å². The summed E-state index contributed by atoms with van der Waals surface area (Å²) in [6, 6.07) is 7.35. The molecular weight excluding hydrogens is 512 g/mol. The fourth-order valence-electron chi connectivity index (χ4n) is 7.03. The highest BCUT2D eigenvalue weighted by molar-refractivity contribution is 5.88. The second-order valence-corrected chi connectivity index (χ2v) is 12.6. The fourth-order valence-corrected chi connectivity index (χ4v) is 7.03. The van der Waals surface area contributed by atoms with Crippen molar-refractivity contribution >= 4 is 11.9 Å². The minimum absolute atomic E-state index is 0.0378. The summed E-state index contributed by atoms with van der Waals surface area (Å²) in [5, 5.41) is 9.18. The van der Waals surface area contributed by atoms with Crippen LogP contribution >= 0.6 is 0 Å². The zero-order valence-corrected chi connectivity index (χ0v) is 25.9. The van der Waals surface area contributed by atoms with Crippen LogP contribution in [0.5, 0.6) is 0 Å². The van der Waals surface area contributed by atoms with Crippen molar-refractivity contribution in [1.29, 1.82) is 0 Å². The number of unbranched alkanes of at least 4 members (excludes halogenated alkanes) is 2. The predicted octanol–water partition coefficient (Wildman–Crippen LogP) is 7.89. The van der Waals surface area contributed by atoms with Crippen molar-refractivity contribution in [3.05, 3.63) is 59.2 Å². The molecule has 0 aliphatic heterocycles. The summed E-state index contributed by atoms with van der Waals surface area (Å²) in [4.78, 5) is 24.1. The maximum absolute atomic E-state index is 12.1. The highest BCUT2D eigenvalue weighted by atomic mass is 16.5. The molecule has 228 valence electrons. The Labute approximate surface area is 248 Å². The molecule has 0 bridgehead atoms. The number of hydrogen-bond acceptors (Lipinski definition) is 5. The Kier molecular flexibility index (Phi) is 13.6. The van der Waals surface area contributed by atoms with Gasteiger partial charge in [0.2, 0.25) is 0 Å². The quantitative estimate of drug-likeness (QED) is 0.133. The lowest BCUT2D eigenvalue weighted by Gasteiger charge is -2.39. The van der Waals surface area contributed by atoms with E-state index >= 15 is 0 Å². The Bertz CT molecular complexity index is 1010. The zero-order chi connectivity index (χ0) is 29.8. The van der Waals surface area contributed by atoms with E-state index in [2.05, 4.69) is 45.2 Å². The Morgan fingerprint density at radius 3 is 2.05 bits per heavy atom. The van der Waals surface area contributed by atoms with Gasteiger partial charge in [0.05, 0.1) is 25.4 Å². The highest BCUT2D eigenvalue weighted by Crippen LogP contribution is 2.45. The second kappa shape index (κ2) is 16.9. The third-order valence-electron chi connectivity index (χ3n) is 9.74. The number of aliphatic hydroxyl groups excluding tert-OH is 1. The van der Waals surface area contributed by atoms with Gasteiger partial charge in [0.15, 0.2) is 0 Å². The number of carbonyl (C=O) groups excluding carboxylic acids is 2. The summed E-state index contributed by atoms with van der Waals surface area (Å²) < 4.78 is 10.9. The zero-order valence-electron chi connectivity index (χ0n) is 25.9. The third kappa shape index (κ3) is 9.84. The van der Waals surface area contributed by atoms with Crippen LogP contribution in [-0.2, 0) is 31.9 Å². The van der Waals surface area contributed by atoms with Gasteiger partial charge in [-0.15, -0.1) is 0 Å². The summed E-state index contributed by atoms with van der Waals surface area (Å²) in [6.07, 6.45) is 15.9. The molecular formula is C36H54O5. The molecule has 1 N–H and O–H groups in total. The molecule has 5 nitrogen and oxygen atoms in total. The smallest absolute Gasteiger partial charge is 0.335 e. The van der Waals surface area contributed by atoms with Crippen molar-refractivity contribution in [1.82, 2.24) is 0 Å². The first kappa shape index (κ1) is 33.1. The normalized spacial score (nSPS) is 23.4. The van der Waals surface area contributed by atoms with Crippen molar-refractivity contribution in [2.24, 2.45) is 23.7 Å². The number of carbonyl (C=O) groups is 2. The molecule has 0 heterocycles. The maximum Gasteiger partial charge on any atom is 0.335 e. The number of hydrogen-bond donors (Lipinski definition) is 1. The number of aryl methyl sites for hydroxylation is 2. The van der Waals surface area contributed by atoms with Gasteiger partial charge in [0.25, 0.3) is 0 Å². The van der Waals surface area contributed by atoms with Crippen molar-refractivity contribution in [2.75, 3.05) is 19.8 Å². The minimum atomic E-state index is -0.591. The second-order valence-electron chi connectivity index (χ2n) is 12.6. The monoisotopic (exact) mass is 566 g/mol. The van der Waals surface area contributed by atoms with Crippen LogP contribution in [-0.4, -0.2) is 36.9 Å². The van der Waals surface area contributed by atoms with Gasteiger partial charge < -0.3 is 14.6 Å². The highest BCUT2D eigenvalue weighted by Gasteiger charge is 2.34. The van der Waals surface area contributed by atoms with Crippen LogP contribution in [0.3, 0.4) is 0 Å². The molecule has 2 fully saturated rings. The molecule has 2 aliphatic carbocycles. The minimum Gasteiger partial charge on any atom is -0.462 e. The molecule has 0 saturated heterocycles. The van der Waals surface area contributed by atoms with Crippen LogP contribution in [0.1, 0.15) is 114 Å². The van der Waals surface area contributed by atoms with E-state index < -0.39 is 18.5 Å². The Balaban J connectivity index is 1.51. The van der Waals surface area contributed by atoms with Gasteiger partial charge in [-0.2, -0.15) is 0 Å². The molecule has 1 aromatic rings. The van der Waals surface area contributed by atoms with Crippen molar-refractivity contribution in [3.63, 3.8) is 0 Å². The largest absolute Gasteiger partial charge is 0.462 e. The van der Waals surface area contributed by atoms with Crippen molar-refractivity contribution < 1.29 is 24.2 Å². The van der Waals surface area contributed by atoms with Gasteiger partial charge in [0.1, 0.15) is 0 Å². The summed E-state index contributed by atoms with van der Waals surface area (Å²) >= 11 is 0. The molecule has 3 rings (SSSR count). The van der Waals surface area contributed by atoms with Crippen molar-refractivity contribution in [3.8, 4) is 0 Å². The molecule has 1 unspecified atom stereocenters. The van der Waals surface area contributed by atoms with Crippen LogP contribution in [0.25, 0.3) is 0 Å². The summed E-state index contributed by atoms with van der Waals surface area (Å²) in [6.45, 7) is 13.4. The van der Waals surface area contributed by atoms with Crippen LogP contribution in [0, 0.1) is 23.7 Å². The topological polar surface area (TPSA) is 72.8 Å². The van der Waals surface area contributed by atoms with Crippen LogP contribution in [0.15, 0.2) is 42.5 Å². The van der Waals surface area contributed by atoms with Crippen LogP contribution in [0.2, 0.25) is 0 Å². The van der Waals surface area contributed by atoms with Gasteiger partial charge in [-0.1, -0.05) is 58.0 Å². The number of ether oxygens (including phenoxy) is 2. The molecule has 1 atom stereocenters. The van der Waals surface area contributed by atoms with Crippen molar-refractivity contribution in [2.45, 2.75) is 110 Å². The fraction of sp³-hybridized carbons (Fsp3) is 0.667. The molecule has 5 heteroatoms. The standard InChI is InChI=1S/C36H54O5/c1-6-8-9-10-28-19-20-33(21-27(28)7-2)31-15-11-29(12-16-31)30-13-17-32(18-14-30)34(23-40-35(38)25(3)4)24-41-36(39)26(5)22-37/h19-21,29-32,34,37H,3,5-18,22-24H2,1-2,4H3. The lowest BCUT2D eigenvalue weighted by molar-refractivity contribution is -0.146. The van der Waals surface area contributed by atoms with Gasteiger partial charge in [-0.25, -0.2) is 9.59 Å². The first-order valence-electron chi connectivity index (χ1n) is 16.2. The molecule has 0 aromatic heterocycles. The summed E-state index contributed by atoms with van der Waals surface area (Å²) in [5.41, 5.74) is 5.05. The van der Waals surface area contributed by atoms with Gasteiger partial charge in [0, 0.05) is 11.5 Å². The van der Waals surface area contributed by atoms with Crippen LogP contribution in [0.4, 0.5) is 0 Å². The van der Waals surface area contributed by atoms with E-state index in [0.717, 1.165) is 31.1 Å². The van der Waals surface area contributed by atoms with Gasteiger partial charge in [-0.05, 0) is 118 Å². The van der Waals surface area contributed by atoms with E-state index in [-0.39, 0.29) is 24.7 Å². The number of aliphatic hydroxyl groups is 1. The molecule has 2 saturated carbocycles. The lowest BCUT2D eigenvalue weighted by atomic mass is 9.67. The number of esters is 2. The average molecular weight is 567 g/mol. The van der Waals surface area contributed by atoms with Crippen LogP contribution < -0.4 is 0 Å². The molecule has 0 spiro atoms. The summed E-state index contributed by atoms with van der Waals surface area (Å²) in [7, 11) is 0. The van der Waals surface area contributed by atoms with Gasteiger partial charge in [-0.3, -0.25) is 0 Å². The van der Waals surface area contributed by atoms with E-state index in [9.17, 15) is 14.7 Å².